The van der Waals surface area contributed by atoms with Gasteiger partial charge in [-0.25, -0.2) is 0 Å². The van der Waals surface area contributed by atoms with Crippen molar-refractivity contribution in [2.75, 3.05) is 5.73 Å². The Morgan fingerprint density at radius 1 is 1.00 bits per heavy atom. The first-order valence-electron chi connectivity index (χ1n) is 7.65. The molecular formula is C20H19NO2S. The molecule has 3 aromatic carbocycles. The van der Waals surface area contributed by atoms with E-state index in [-0.39, 0.29) is 5.75 Å². The molecule has 0 atom stereocenters. The SMILES string of the molecule is Cc1ccccc1COc1ccc(Sc2ccc(O)cc2)c(N)c1. The second-order valence-electron chi connectivity index (χ2n) is 5.51. The molecule has 0 saturated heterocycles. The number of hydrogen-bond acceptors (Lipinski definition) is 4. The van der Waals surface area contributed by atoms with Crippen LogP contribution in [0, 0.1) is 6.92 Å². The van der Waals surface area contributed by atoms with E-state index in [1.165, 1.54) is 11.1 Å². The van der Waals surface area contributed by atoms with Gasteiger partial charge in [0, 0.05) is 21.5 Å². The molecule has 0 unspecified atom stereocenters. The first-order chi connectivity index (χ1) is 11.6. The van der Waals surface area contributed by atoms with Crippen molar-refractivity contribution in [3.8, 4) is 11.5 Å². The van der Waals surface area contributed by atoms with Crippen LogP contribution in [0.2, 0.25) is 0 Å². The second-order valence-corrected chi connectivity index (χ2v) is 6.63. The number of nitrogen functional groups attached to an aromatic ring is 1. The molecule has 0 saturated carbocycles. The summed E-state index contributed by atoms with van der Waals surface area (Å²) >= 11 is 1.56. The molecule has 3 aromatic rings. The average Bonchev–Trinajstić information content (AvgIpc) is 2.58. The fraction of sp³-hybridized carbons (Fsp3) is 0.100. The topological polar surface area (TPSA) is 55.5 Å². The van der Waals surface area contributed by atoms with Crippen molar-refractivity contribution in [1.82, 2.24) is 0 Å². The maximum atomic E-state index is 9.34. The predicted octanol–water partition coefficient (Wildman–Crippen LogP) is 5.01. The molecule has 4 heteroatoms. The molecule has 0 spiro atoms. The first-order valence-corrected chi connectivity index (χ1v) is 8.47. The van der Waals surface area contributed by atoms with E-state index >= 15 is 0 Å². The normalized spacial score (nSPS) is 10.5. The lowest BCUT2D eigenvalue weighted by Gasteiger charge is -2.11. The quantitative estimate of drug-likeness (QED) is 0.642. The van der Waals surface area contributed by atoms with Crippen LogP contribution in [-0.4, -0.2) is 5.11 Å². The van der Waals surface area contributed by atoms with Gasteiger partial charge in [-0.05, 0) is 54.4 Å². The van der Waals surface area contributed by atoms with Gasteiger partial charge in [0.2, 0.25) is 0 Å². The fourth-order valence-corrected chi connectivity index (χ4v) is 3.12. The van der Waals surface area contributed by atoms with Gasteiger partial charge in [-0.1, -0.05) is 36.0 Å². The summed E-state index contributed by atoms with van der Waals surface area (Å²) in [5, 5.41) is 9.34. The molecule has 0 fully saturated rings. The van der Waals surface area contributed by atoms with Crippen molar-refractivity contribution in [2.24, 2.45) is 0 Å². The summed E-state index contributed by atoms with van der Waals surface area (Å²) in [5.41, 5.74) is 9.20. The highest BCUT2D eigenvalue weighted by molar-refractivity contribution is 7.99. The Hall–Kier alpha value is -2.59. The highest BCUT2D eigenvalue weighted by atomic mass is 32.2. The van der Waals surface area contributed by atoms with Gasteiger partial charge >= 0.3 is 0 Å². The van der Waals surface area contributed by atoms with Crippen LogP contribution in [0.15, 0.2) is 76.5 Å². The second kappa shape index (κ2) is 7.32. The Kier molecular flexibility index (Phi) is 4.96. The van der Waals surface area contributed by atoms with E-state index in [9.17, 15) is 5.11 Å². The van der Waals surface area contributed by atoms with E-state index in [4.69, 9.17) is 10.5 Å². The maximum absolute atomic E-state index is 9.34. The van der Waals surface area contributed by atoms with Crippen LogP contribution in [0.4, 0.5) is 5.69 Å². The number of benzene rings is 3. The van der Waals surface area contributed by atoms with E-state index in [2.05, 4.69) is 19.1 Å². The zero-order valence-electron chi connectivity index (χ0n) is 13.4. The number of aromatic hydroxyl groups is 1. The van der Waals surface area contributed by atoms with Crippen molar-refractivity contribution in [2.45, 2.75) is 23.3 Å². The minimum atomic E-state index is 0.257. The molecule has 122 valence electrons. The Morgan fingerprint density at radius 3 is 2.46 bits per heavy atom. The van der Waals surface area contributed by atoms with Gasteiger partial charge in [0.05, 0.1) is 0 Å². The van der Waals surface area contributed by atoms with Gasteiger partial charge in [-0.3, -0.25) is 0 Å². The Bertz CT molecular complexity index is 831. The van der Waals surface area contributed by atoms with E-state index in [1.807, 2.05) is 42.5 Å². The van der Waals surface area contributed by atoms with Crippen molar-refractivity contribution < 1.29 is 9.84 Å². The van der Waals surface area contributed by atoms with Crippen LogP contribution in [0.25, 0.3) is 0 Å². The maximum Gasteiger partial charge on any atom is 0.121 e. The average molecular weight is 337 g/mol. The Labute approximate surface area is 146 Å². The van der Waals surface area contributed by atoms with Crippen LogP contribution in [0.5, 0.6) is 11.5 Å². The highest BCUT2D eigenvalue weighted by Gasteiger charge is 2.05. The molecule has 24 heavy (non-hydrogen) atoms. The number of ether oxygens (including phenoxy) is 1. The summed E-state index contributed by atoms with van der Waals surface area (Å²) in [6.07, 6.45) is 0. The third-order valence-electron chi connectivity index (χ3n) is 3.70. The molecule has 3 N–H and O–H groups in total. The Balaban J connectivity index is 1.68. The zero-order chi connectivity index (χ0) is 16.9. The van der Waals surface area contributed by atoms with Crippen molar-refractivity contribution in [1.29, 1.82) is 0 Å². The summed E-state index contributed by atoms with van der Waals surface area (Å²) < 4.78 is 5.85. The molecule has 3 rings (SSSR count). The number of rotatable bonds is 5. The van der Waals surface area contributed by atoms with Crippen LogP contribution >= 0.6 is 11.8 Å². The van der Waals surface area contributed by atoms with Gasteiger partial charge in [0.25, 0.3) is 0 Å². The van der Waals surface area contributed by atoms with E-state index < -0.39 is 0 Å². The molecule has 0 radical (unpaired) electrons. The first kappa shape index (κ1) is 16.3. The summed E-state index contributed by atoms with van der Waals surface area (Å²) in [5.74, 6) is 1.01. The van der Waals surface area contributed by atoms with E-state index in [0.29, 0.717) is 12.3 Å². The zero-order valence-corrected chi connectivity index (χ0v) is 14.2. The number of aryl methyl sites for hydroxylation is 1. The fourth-order valence-electron chi connectivity index (χ4n) is 2.28. The molecule has 0 aliphatic carbocycles. The number of phenols is 1. The van der Waals surface area contributed by atoms with Crippen molar-refractivity contribution in [3.05, 3.63) is 77.9 Å². The minimum absolute atomic E-state index is 0.257. The molecule has 0 aromatic heterocycles. The summed E-state index contributed by atoms with van der Waals surface area (Å²) in [7, 11) is 0. The van der Waals surface area contributed by atoms with Crippen LogP contribution in [0.1, 0.15) is 11.1 Å². The number of nitrogens with two attached hydrogens (primary N) is 1. The molecular weight excluding hydrogens is 318 g/mol. The number of anilines is 1. The number of phenolic OH excluding ortho intramolecular Hbond substituents is 1. The molecule has 3 nitrogen and oxygen atoms in total. The van der Waals surface area contributed by atoms with Crippen LogP contribution in [-0.2, 0) is 6.61 Å². The summed E-state index contributed by atoms with van der Waals surface area (Å²) in [6, 6.07) is 21.0. The number of hydrogen-bond donors (Lipinski definition) is 2. The lowest BCUT2D eigenvalue weighted by atomic mass is 10.1. The molecule has 0 bridgehead atoms. The summed E-state index contributed by atoms with van der Waals surface area (Å²) in [4.78, 5) is 1.98. The van der Waals surface area contributed by atoms with Crippen LogP contribution < -0.4 is 10.5 Å². The lowest BCUT2D eigenvalue weighted by Crippen LogP contribution is -1.98. The van der Waals surface area contributed by atoms with Gasteiger partial charge < -0.3 is 15.6 Å². The molecule has 0 aliphatic rings. The Morgan fingerprint density at radius 2 is 1.75 bits per heavy atom. The van der Waals surface area contributed by atoms with E-state index in [1.54, 1.807) is 23.9 Å². The van der Waals surface area contributed by atoms with Gasteiger partial charge in [0.1, 0.15) is 18.1 Å². The van der Waals surface area contributed by atoms with Gasteiger partial charge in [-0.15, -0.1) is 0 Å². The monoisotopic (exact) mass is 337 g/mol. The van der Waals surface area contributed by atoms with Crippen LogP contribution in [0.3, 0.4) is 0 Å². The standard InChI is InChI=1S/C20H19NO2S/c1-14-4-2-3-5-15(14)13-23-17-8-11-20(19(21)12-17)24-18-9-6-16(22)7-10-18/h2-12,22H,13,21H2,1H3. The third kappa shape index (κ3) is 4.03. The molecule has 0 aliphatic heterocycles. The predicted molar refractivity (Wildman–Crippen MR) is 98.6 cm³/mol. The minimum Gasteiger partial charge on any atom is -0.508 e. The third-order valence-corrected chi connectivity index (χ3v) is 4.80. The summed E-state index contributed by atoms with van der Waals surface area (Å²) in [6.45, 7) is 2.60. The smallest absolute Gasteiger partial charge is 0.121 e. The van der Waals surface area contributed by atoms with Gasteiger partial charge in [0.15, 0.2) is 0 Å². The lowest BCUT2D eigenvalue weighted by molar-refractivity contribution is 0.305. The largest absolute Gasteiger partial charge is 0.508 e. The molecule has 0 amide bonds. The van der Waals surface area contributed by atoms with Crippen molar-refractivity contribution in [3.63, 3.8) is 0 Å². The van der Waals surface area contributed by atoms with Crippen molar-refractivity contribution >= 4 is 17.4 Å². The van der Waals surface area contributed by atoms with E-state index in [0.717, 1.165) is 15.5 Å². The molecule has 0 heterocycles. The van der Waals surface area contributed by atoms with Gasteiger partial charge in [-0.2, -0.15) is 0 Å². The highest BCUT2D eigenvalue weighted by Crippen LogP contribution is 2.34.